The number of hydrogen-bond acceptors (Lipinski definition) is 3. The van der Waals surface area contributed by atoms with E-state index in [0.29, 0.717) is 24.7 Å². The quantitative estimate of drug-likeness (QED) is 0.798. The van der Waals surface area contributed by atoms with Gasteiger partial charge >= 0.3 is 6.03 Å². The van der Waals surface area contributed by atoms with E-state index in [1.807, 2.05) is 4.90 Å². The molecule has 0 spiro atoms. The van der Waals surface area contributed by atoms with E-state index in [4.69, 9.17) is 0 Å². The SMILES string of the molecule is CC1CCCN(CCNC(=O)NCC2CCN(c3ccc(F)c(F)c3)C2)C1. The van der Waals surface area contributed by atoms with Crippen LogP contribution in [0.2, 0.25) is 0 Å². The Kier molecular flexibility index (Phi) is 6.88. The van der Waals surface area contributed by atoms with Gasteiger partial charge in [0.25, 0.3) is 0 Å². The molecule has 5 nitrogen and oxygen atoms in total. The Bertz CT molecular complexity index is 642. The summed E-state index contributed by atoms with van der Waals surface area (Å²) in [5.41, 5.74) is 0.691. The van der Waals surface area contributed by atoms with E-state index in [-0.39, 0.29) is 6.03 Å². The minimum atomic E-state index is -0.827. The topological polar surface area (TPSA) is 47.6 Å². The number of urea groups is 1. The van der Waals surface area contributed by atoms with Gasteiger partial charge < -0.3 is 20.4 Å². The lowest BCUT2D eigenvalue weighted by atomic mass is 10.0. The highest BCUT2D eigenvalue weighted by molar-refractivity contribution is 5.73. The molecule has 27 heavy (non-hydrogen) atoms. The fourth-order valence-corrected chi connectivity index (χ4v) is 4.03. The highest BCUT2D eigenvalue weighted by Crippen LogP contribution is 2.25. The van der Waals surface area contributed by atoms with E-state index in [2.05, 4.69) is 22.5 Å². The van der Waals surface area contributed by atoms with Crippen LogP contribution in [0.25, 0.3) is 0 Å². The number of amides is 2. The Hall–Kier alpha value is -1.89. The summed E-state index contributed by atoms with van der Waals surface area (Å²) in [5, 5.41) is 5.86. The van der Waals surface area contributed by atoms with Crippen LogP contribution in [-0.2, 0) is 0 Å². The first-order valence-corrected chi connectivity index (χ1v) is 9.95. The van der Waals surface area contributed by atoms with Crippen LogP contribution in [-0.4, -0.2) is 56.7 Å². The first-order chi connectivity index (χ1) is 13.0. The normalized spacial score (nSPS) is 23.4. The summed E-state index contributed by atoms with van der Waals surface area (Å²) in [6, 6.07) is 3.86. The first kappa shape index (κ1) is 19.9. The van der Waals surface area contributed by atoms with Crippen molar-refractivity contribution in [3.05, 3.63) is 29.8 Å². The first-order valence-electron chi connectivity index (χ1n) is 9.95. The molecule has 150 valence electrons. The molecule has 0 radical (unpaired) electrons. The van der Waals surface area contributed by atoms with Gasteiger partial charge in [-0.2, -0.15) is 0 Å². The minimum absolute atomic E-state index is 0.133. The van der Waals surface area contributed by atoms with Gasteiger partial charge in [-0.15, -0.1) is 0 Å². The molecule has 0 aromatic heterocycles. The molecule has 1 aromatic rings. The lowest BCUT2D eigenvalue weighted by Gasteiger charge is -2.30. The number of nitrogens with one attached hydrogen (secondary N) is 2. The van der Waals surface area contributed by atoms with Crippen LogP contribution < -0.4 is 15.5 Å². The van der Waals surface area contributed by atoms with E-state index in [1.54, 1.807) is 6.07 Å². The third-order valence-corrected chi connectivity index (χ3v) is 5.56. The number of hydrogen-bond donors (Lipinski definition) is 2. The number of carbonyl (C=O) groups excluding carboxylic acids is 1. The van der Waals surface area contributed by atoms with Crippen LogP contribution >= 0.6 is 0 Å². The summed E-state index contributed by atoms with van der Waals surface area (Å²) in [7, 11) is 0. The molecule has 0 bridgehead atoms. The second kappa shape index (κ2) is 9.35. The molecule has 2 fully saturated rings. The van der Waals surface area contributed by atoms with Gasteiger partial charge in [0.05, 0.1) is 0 Å². The predicted molar refractivity (Wildman–Crippen MR) is 103 cm³/mol. The number of rotatable bonds is 6. The van der Waals surface area contributed by atoms with Crippen molar-refractivity contribution >= 4 is 11.7 Å². The van der Waals surface area contributed by atoms with Crippen LogP contribution in [0.15, 0.2) is 18.2 Å². The molecule has 3 rings (SSSR count). The van der Waals surface area contributed by atoms with Gasteiger partial charge in [-0.1, -0.05) is 6.92 Å². The van der Waals surface area contributed by atoms with Crippen molar-refractivity contribution in [2.75, 3.05) is 50.7 Å². The molecule has 2 atom stereocenters. The third-order valence-electron chi connectivity index (χ3n) is 5.56. The standard InChI is InChI=1S/C20H30F2N4O/c1-15-3-2-8-25(13-15)10-7-23-20(27)24-12-16-6-9-26(14-16)17-4-5-18(21)19(22)11-17/h4-5,11,15-16H,2-3,6-10,12-14H2,1H3,(H2,23,24,27). The second-order valence-electron chi connectivity index (χ2n) is 7.88. The van der Waals surface area contributed by atoms with Crippen molar-refractivity contribution in [2.24, 2.45) is 11.8 Å². The zero-order valence-electron chi connectivity index (χ0n) is 16.0. The average molecular weight is 380 g/mol. The number of piperidine rings is 1. The van der Waals surface area contributed by atoms with Gasteiger partial charge in [0.15, 0.2) is 11.6 Å². The summed E-state index contributed by atoms with van der Waals surface area (Å²) >= 11 is 0. The van der Waals surface area contributed by atoms with Crippen LogP contribution in [0.3, 0.4) is 0 Å². The Morgan fingerprint density at radius 1 is 1.15 bits per heavy atom. The van der Waals surface area contributed by atoms with Crippen molar-refractivity contribution in [3.8, 4) is 0 Å². The van der Waals surface area contributed by atoms with Crippen LogP contribution in [0.5, 0.6) is 0 Å². The average Bonchev–Trinajstić information content (AvgIpc) is 3.11. The second-order valence-corrected chi connectivity index (χ2v) is 7.88. The fourth-order valence-electron chi connectivity index (χ4n) is 4.03. The summed E-state index contributed by atoms with van der Waals surface area (Å²) in [6.45, 7) is 8.17. The Balaban J connectivity index is 1.33. The van der Waals surface area contributed by atoms with Gasteiger partial charge in [0, 0.05) is 51.0 Å². The molecule has 2 unspecified atom stereocenters. The smallest absolute Gasteiger partial charge is 0.314 e. The van der Waals surface area contributed by atoms with Gasteiger partial charge in [-0.05, 0) is 49.8 Å². The number of halogens is 2. The monoisotopic (exact) mass is 380 g/mol. The molecule has 2 heterocycles. The third kappa shape index (κ3) is 5.79. The summed E-state index contributed by atoms with van der Waals surface area (Å²) in [4.78, 5) is 16.4. The molecule has 2 amide bonds. The lowest BCUT2D eigenvalue weighted by Crippen LogP contribution is -2.44. The van der Waals surface area contributed by atoms with E-state index < -0.39 is 11.6 Å². The number of anilines is 1. The summed E-state index contributed by atoms with van der Waals surface area (Å²) in [6.07, 6.45) is 3.46. The Morgan fingerprint density at radius 2 is 2.00 bits per heavy atom. The molecule has 0 aliphatic carbocycles. The minimum Gasteiger partial charge on any atom is -0.371 e. The van der Waals surface area contributed by atoms with Gasteiger partial charge in [0.2, 0.25) is 0 Å². The van der Waals surface area contributed by atoms with Crippen molar-refractivity contribution < 1.29 is 13.6 Å². The Labute approximate surface area is 160 Å². The van der Waals surface area contributed by atoms with Crippen molar-refractivity contribution in [1.82, 2.24) is 15.5 Å². The molecule has 2 saturated heterocycles. The molecule has 2 aliphatic rings. The molecule has 2 aliphatic heterocycles. The van der Waals surface area contributed by atoms with Crippen molar-refractivity contribution in [3.63, 3.8) is 0 Å². The maximum Gasteiger partial charge on any atom is 0.314 e. The maximum absolute atomic E-state index is 13.4. The molecular formula is C20H30F2N4O. The van der Waals surface area contributed by atoms with Crippen molar-refractivity contribution in [1.29, 1.82) is 0 Å². The molecule has 2 N–H and O–H groups in total. The van der Waals surface area contributed by atoms with Gasteiger partial charge in [0.1, 0.15) is 0 Å². The molecular weight excluding hydrogens is 350 g/mol. The molecule has 0 saturated carbocycles. The Morgan fingerprint density at radius 3 is 2.78 bits per heavy atom. The van der Waals surface area contributed by atoms with E-state index in [1.165, 1.54) is 18.9 Å². The van der Waals surface area contributed by atoms with Gasteiger partial charge in [-0.3, -0.25) is 0 Å². The maximum atomic E-state index is 13.4. The van der Waals surface area contributed by atoms with E-state index >= 15 is 0 Å². The van der Waals surface area contributed by atoms with Crippen LogP contribution in [0.4, 0.5) is 19.3 Å². The van der Waals surface area contributed by atoms with Crippen molar-refractivity contribution in [2.45, 2.75) is 26.2 Å². The van der Waals surface area contributed by atoms with Crippen LogP contribution in [0.1, 0.15) is 26.2 Å². The summed E-state index contributed by atoms with van der Waals surface area (Å²) < 4.78 is 26.4. The molecule has 1 aromatic carbocycles. The number of benzene rings is 1. The van der Waals surface area contributed by atoms with Gasteiger partial charge in [-0.25, -0.2) is 13.6 Å². The predicted octanol–water partition coefficient (Wildman–Crippen LogP) is 2.82. The highest BCUT2D eigenvalue weighted by atomic mass is 19.2. The molecule has 7 heteroatoms. The summed E-state index contributed by atoms with van der Waals surface area (Å²) in [5.74, 6) is -0.595. The number of likely N-dealkylation sites (tertiary alicyclic amines) is 1. The fraction of sp³-hybridized carbons (Fsp3) is 0.650. The zero-order valence-corrected chi connectivity index (χ0v) is 16.0. The largest absolute Gasteiger partial charge is 0.371 e. The van der Waals surface area contributed by atoms with Crippen LogP contribution in [0, 0.1) is 23.5 Å². The van der Waals surface area contributed by atoms with E-state index in [0.717, 1.165) is 51.1 Å². The number of carbonyl (C=O) groups is 1. The lowest BCUT2D eigenvalue weighted by molar-refractivity contribution is 0.183. The highest BCUT2D eigenvalue weighted by Gasteiger charge is 2.24. The zero-order chi connectivity index (χ0) is 19.2. The van der Waals surface area contributed by atoms with E-state index in [9.17, 15) is 13.6 Å². The number of nitrogens with zero attached hydrogens (tertiary/aromatic N) is 2.